The average Bonchev–Trinajstić information content (AvgIpc) is 2.27. The maximum atomic E-state index is 9.17. The van der Waals surface area contributed by atoms with E-state index >= 15 is 0 Å². The summed E-state index contributed by atoms with van der Waals surface area (Å²) in [4.78, 5) is 1.93. The summed E-state index contributed by atoms with van der Waals surface area (Å²) in [5, 5.41) is 18.3. The van der Waals surface area contributed by atoms with E-state index in [4.69, 9.17) is 0 Å². The lowest BCUT2D eigenvalue weighted by Crippen LogP contribution is -2.38. The number of aliphatic hydroxyl groups is 2. The number of nitrogens with zero attached hydrogens (tertiary/aromatic N) is 1. The number of hydrogen-bond acceptors (Lipinski definition) is 3. The van der Waals surface area contributed by atoms with Crippen LogP contribution in [0.2, 0.25) is 0 Å². The fraction of sp³-hybridized carbons (Fsp3) is 0.538. The van der Waals surface area contributed by atoms with Gasteiger partial charge >= 0.3 is 0 Å². The van der Waals surface area contributed by atoms with E-state index in [9.17, 15) is 10.2 Å². The molecule has 0 radical (unpaired) electrons. The van der Waals surface area contributed by atoms with Gasteiger partial charge in [0.25, 0.3) is 0 Å². The fourth-order valence-electron chi connectivity index (χ4n) is 1.82. The summed E-state index contributed by atoms with van der Waals surface area (Å²) in [7, 11) is 1.90. The first kappa shape index (κ1) is 13.0. The second-order valence-corrected chi connectivity index (χ2v) is 4.28. The molecular formula is C13H21NO2. The number of benzene rings is 1. The molecule has 0 atom stereocenters. The Morgan fingerprint density at radius 2 is 1.62 bits per heavy atom. The van der Waals surface area contributed by atoms with Gasteiger partial charge < -0.3 is 15.1 Å². The summed E-state index contributed by atoms with van der Waals surface area (Å²) < 4.78 is 0. The quantitative estimate of drug-likeness (QED) is 0.811. The Kier molecular flexibility index (Phi) is 4.33. The minimum Gasteiger partial charge on any atom is -0.394 e. The molecule has 90 valence electrons. The molecule has 0 amide bonds. The van der Waals surface area contributed by atoms with E-state index in [1.165, 1.54) is 16.7 Å². The Morgan fingerprint density at radius 3 is 2.12 bits per heavy atom. The first-order valence-corrected chi connectivity index (χ1v) is 5.54. The monoisotopic (exact) mass is 223 g/mol. The summed E-state index contributed by atoms with van der Waals surface area (Å²) in [6.45, 7) is 6.16. The number of likely N-dealkylation sites (N-methyl/N-ethyl adjacent to an activating group) is 1. The summed E-state index contributed by atoms with van der Waals surface area (Å²) in [5.41, 5.74) is 4.80. The summed E-state index contributed by atoms with van der Waals surface area (Å²) >= 11 is 0. The molecule has 2 N–H and O–H groups in total. The zero-order valence-electron chi connectivity index (χ0n) is 10.5. The molecule has 0 aliphatic rings. The van der Waals surface area contributed by atoms with Crippen LogP contribution in [0.4, 0.5) is 5.69 Å². The molecule has 0 saturated heterocycles. The van der Waals surface area contributed by atoms with Gasteiger partial charge in [-0.3, -0.25) is 0 Å². The lowest BCUT2D eigenvalue weighted by atomic mass is 10.0. The zero-order valence-corrected chi connectivity index (χ0v) is 10.5. The maximum Gasteiger partial charge on any atom is 0.0748 e. The van der Waals surface area contributed by atoms with Crippen molar-refractivity contribution in [3.8, 4) is 0 Å². The number of aryl methyl sites for hydroxylation is 1. The molecule has 0 aliphatic carbocycles. The molecule has 0 unspecified atom stereocenters. The van der Waals surface area contributed by atoms with Crippen LogP contribution in [0.15, 0.2) is 12.1 Å². The third kappa shape index (κ3) is 2.36. The van der Waals surface area contributed by atoms with Crippen molar-refractivity contribution < 1.29 is 10.2 Å². The van der Waals surface area contributed by atoms with E-state index in [0.29, 0.717) is 0 Å². The minimum atomic E-state index is -0.235. The molecule has 0 heterocycles. The van der Waals surface area contributed by atoms with Crippen molar-refractivity contribution in [2.24, 2.45) is 0 Å². The zero-order chi connectivity index (χ0) is 12.3. The molecule has 0 saturated carbocycles. The minimum absolute atomic E-state index is 0.0423. The smallest absolute Gasteiger partial charge is 0.0748 e. The second kappa shape index (κ2) is 5.32. The van der Waals surface area contributed by atoms with Crippen LogP contribution >= 0.6 is 0 Å². The predicted octanol–water partition coefficient (Wildman–Crippen LogP) is 1.40. The third-order valence-corrected chi connectivity index (χ3v) is 3.38. The Hall–Kier alpha value is -1.06. The largest absolute Gasteiger partial charge is 0.394 e. The highest BCUT2D eigenvalue weighted by atomic mass is 16.3. The number of anilines is 1. The highest BCUT2D eigenvalue weighted by Crippen LogP contribution is 2.25. The van der Waals surface area contributed by atoms with Crippen LogP contribution < -0.4 is 4.90 Å². The third-order valence-electron chi connectivity index (χ3n) is 3.38. The highest BCUT2D eigenvalue weighted by molar-refractivity contribution is 5.58. The first-order valence-electron chi connectivity index (χ1n) is 5.54. The van der Waals surface area contributed by atoms with Crippen molar-refractivity contribution in [3.63, 3.8) is 0 Å². The molecule has 0 fully saturated rings. The van der Waals surface area contributed by atoms with Crippen LogP contribution in [0.3, 0.4) is 0 Å². The lowest BCUT2D eigenvalue weighted by Gasteiger charge is -2.29. The molecule has 0 bridgehead atoms. The van der Waals surface area contributed by atoms with Gasteiger partial charge in [0.2, 0.25) is 0 Å². The Balaban J connectivity index is 3.09. The van der Waals surface area contributed by atoms with Crippen molar-refractivity contribution in [1.29, 1.82) is 0 Å². The molecule has 16 heavy (non-hydrogen) atoms. The molecule has 0 aliphatic heterocycles. The van der Waals surface area contributed by atoms with E-state index in [1.807, 2.05) is 18.0 Å². The van der Waals surface area contributed by atoms with Gasteiger partial charge in [0.15, 0.2) is 0 Å². The molecule has 0 aromatic heterocycles. The summed E-state index contributed by atoms with van der Waals surface area (Å²) in [6.07, 6.45) is 0. The van der Waals surface area contributed by atoms with E-state index in [-0.39, 0.29) is 19.3 Å². The highest BCUT2D eigenvalue weighted by Gasteiger charge is 2.15. The molecule has 3 nitrogen and oxygen atoms in total. The Morgan fingerprint density at radius 1 is 1.06 bits per heavy atom. The molecule has 0 spiro atoms. The second-order valence-electron chi connectivity index (χ2n) is 4.28. The Bertz CT molecular complexity index is 359. The molecule has 1 aromatic rings. The van der Waals surface area contributed by atoms with Crippen molar-refractivity contribution in [1.82, 2.24) is 0 Å². The van der Waals surface area contributed by atoms with E-state index in [1.54, 1.807) is 0 Å². The SMILES string of the molecule is Cc1ccc(N(C)C(CO)CO)c(C)c1C. The van der Waals surface area contributed by atoms with Gasteiger partial charge in [-0.25, -0.2) is 0 Å². The average molecular weight is 223 g/mol. The van der Waals surface area contributed by atoms with Crippen LogP contribution in [0.1, 0.15) is 16.7 Å². The van der Waals surface area contributed by atoms with E-state index in [0.717, 1.165) is 5.69 Å². The maximum absolute atomic E-state index is 9.17. The van der Waals surface area contributed by atoms with Crippen molar-refractivity contribution in [2.75, 3.05) is 25.2 Å². The molecule has 3 heteroatoms. The summed E-state index contributed by atoms with van der Waals surface area (Å²) in [5.74, 6) is 0. The van der Waals surface area contributed by atoms with Crippen LogP contribution in [-0.4, -0.2) is 36.5 Å². The van der Waals surface area contributed by atoms with E-state index in [2.05, 4.69) is 26.8 Å². The molecular weight excluding hydrogens is 202 g/mol. The van der Waals surface area contributed by atoms with Gasteiger partial charge in [-0.2, -0.15) is 0 Å². The van der Waals surface area contributed by atoms with E-state index < -0.39 is 0 Å². The predicted molar refractivity (Wildman–Crippen MR) is 67.0 cm³/mol. The van der Waals surface area contributed by atoms with Crippen molar-refractivity contribution in [3.05, 3.63) is 28.8 Å². The van der Waals surface area contributed by atoms with Gasteiger partial charge in [0, 0.05) is 12.7 Å². The van der Waals surface area contributed by atoms with Gasteiger partial charge in [0.05, 0.1) is 19.3 Å². The van der Waals surface area contributed by atoms with Crippen LogP contribution in [0, 0.1) is 20.8 Å². The summed E-state index contributed by atoms with van der Waals surface area (Å²) in [6, 6.07) is 3.87. The van der Waals surface area contributed by atoms with Crippen LogP contribution in [0.5, 0.6) is 0 Å². The fourth-order valence-corrected chi connectivity index (χ4v) is 1.82. The van der Waals surface area contributed by atoms with Crippen LogP contribution in [0.25, 0.3) is 0 Å². The van der Waals surface area contributed by atoms with Gasteiger partial charge in [-0.15, -0.1) is 0 Å². The van der Waals surface area contributed by atoms with Gasteiger partial charge in [-0.1, -0.05) is 6.07 Å². The Labute approximate surface area is 97.3 Å². The number of rotatable bonds is 4. The van der Waals surface area contributed by atoms with Crippen molar-refractivity contribution in [2.45, 2.75) is 26.8 Å². The molecule has 1 aromatic carbocycles. The lowest BCUT2D eigenvalue weighted by molar-refractivity contribution is 0.190. The van der Waals surface area contributed by atoms with Crippen LogP contribution in [-0.2, 0) is 0 Å². The topological polar surface area (TPSA) is 43.7 Å². The van der Waals surface area contributed by atoms with Gasteiger partial charge in [-0.05, 0) is 43.5 Å². The van der Waals surface area contributed by atoms with Gasteiger partial charge in [0.1, 0.15) is 0 Å². The molecule has 1 rings (SSSR count). The number of hydrogen-bond donors (Lipinski definition) is 2. The van der Waals surface area contributed by atoms with Crippen molar-refractivity contribution >= 4 is 5.69 Å². The standard InChI is InChI=1S/C13H21NO2/c1-9-5-6-13(11(3)10(9)2)14(4)12(7-15)8-16/h5-6,12,15-16H,7-8H2,1-4H3. The number of aliphatic hydroxyl groups excluding tert-OH is 2. The normalized spacial score (nSPS) is 10.9. The first-order chi connectivity index (χ1) is 7.52.